The first-order valence-corrected chi connectivity index (χ1v) is 6.12. The van der Waals surface area contributed by atoms with Crippen LogP contribution in [0.25, 0.3) is 0 Å². The Labute approximate surface area is 117 Å². The smallest absolute Gasteiger partial charge is 0.210 e. The maximum absolute atomic E-state index is 5.95. The van der Waals surface area contributed by atoms with E-state index in [2.05, 4.69) is 15.7 Å². The first-order valence-electron chi connectivity index (χ1n) is 5.74. The number of nitrogens with zero attached hydrogens (tertiary/aromatic N) is 1. The summed E-state index contributed by atoms with van der Waals surface area (Å²) in [7, 11) is 3.20. The number of nitrogens with two attached hydrogens (primary N) is 1. The average molecular weight is 287 g/mol. The van der Waals surface area contributed by atoms with Gasteiger partial charge in [0.1, 0.15) is 5.75 Å². The highest BCUT2D eigenvalue weighted by molar-refractivity contribution is 6.31. The lowest BCUT2D eigenvalue weighted by molar-refractivity contribution is 0.185. The Kier molecular flexibility index (Phi) is 6.41. The maximum Gasteiger partial charge on any atom is 0.210 e. The third kappa shape index (κ3) is 4.94. The molecular formula is C12H19ClN4O2. The van der Waals surface area contributed by atoms with Crippen molar-refractivity contribution in [2.75, 3.05) is 26.1 Å². The Morgan fingerprint density at radius 3 is 2.79 bits per heavy atom. The van der Waals surface area contributed by atoms with Gasteiger partial charge in [-0.25, -0.2) is 10.8 Å². The summed E-state index contributed by atoms with van der Waals surface area (Å²) in [5.74, 6) is 6.49. The van der Waals surface area contributed by atoms with E-state index in [4.69, 9.17) is 26.9 Å². The van der Waals surface area contributed by atoms with Crippen LogP contribution in [0.15, 0.2) is 23.2 Å². The number of hydrazine groups is 1. The molecule has 0 aromatic heterocycles. The number of hydrogen-bond donors (Lipinski definition) is 3. The summed E-state index contributed by atoms with van der Waals surface area (Å²) < 4.78 is 10.2. The van der Waals surface area contributed by atoms with Crippen LogP contribution in [-0.4, -0.2) is 32.8 Å². The van der Waals surface area contributed by atoms with Crippen LogP contribution in [0.5, 0.6) is 5.75 Å². The van der Waals surface area contributed by atoms with E-state index >= 15 is 0 Å². The van der Waals surface area contributed by atoms with Gasteiger partial charge in [-0.2, -0.15) is 0 Å². The molecule has 19 heavy (non-hydrogen) atoms. The highest BCUT2D eigenvalue weighted by Crippen LogP contribution is 2.27. The number of benzene rings is 1. The summed E-state index contributed by atoms with van der Waals surface area (Å²) in [4.78, 5) is 4.33. The van der Waals surface area contributed by atoms with Crippen molar-refractivity contribution in [3.05, 3.63) is 23.2 Å². The molecular weight excluding hydrogens is 268 g/mol. The van der Waals surface area contributed by atoms with E-state index in [1.165, 1.54) is 0 Å². The van der Waals surface area contributed by atoms with Crippen molar-refractivity contribution in [2.45, 2.75) is 13.0 Å². The van der Waals surface area contributed by atoms with E-state index in [9.17, 15) is 0 Å². The lowest BCUT2D eigenvalue weighted by Crippen LogP contribution is -2.37. The summed E-state index contributed by atoms with van der Waals surface area (Å²) in [6.07, 6.45) is 0. The van der Waals surface area contributed by atoms with E-state index < -0.39 is 0 Å². The predicted molar refractivity (Wildman–Crippen MR) is 77.7 cm³/mol. The lowest BCUT2D eigenvalue weighted by atomic mass is 10.3. The first kappa shape index (κ1) is 15.6. The number of ether oxygens (including phenoxy) is 2. The number of aliphatic imine (C=N–C) groups is 1. The van der Waals surface area contributed by atoms with Crippen LogP contribution in [0.1, 0.15) is 6.92 Å². The van der Waals surface area contributed by atoms with Crippen LogP contribution >= 0.6 is 11.6 Å². The van der Waals surface area contributed by atoms with Gasteiger partial charge in [0.25, 0.3) is 0 Å². The van der Waals surface area contributed by atoms with Crippen molar-refractivity contribution in [1.29, 1.82) is 0 Å². The molecule has 0 heterocycles. The SMILES string of the molecule is COCC(C)N=C(NN)Nc1cc(Cl)ccc1OC. The second-order valence-corrected chi connectivity index (χ2v) is 4.33. The minimum atomic E-state index is -0.0336. The van der Waals surface area contributed by atoms with Crippen LogP contribution in [0, 0.1) is 0 Å². The summed E-state index contributed by atoms with van der Waals surface area (Å²) >= 11 is 5.95. The molecule has 0 amide bonds. The Morgan fingerprint density at radius 2 is 2.21 bits per heavy atom. The zero-order valence-electron chi connectivity index (χ0n) is 11.2. The molecule has 0 bridgehead atoms. The van der Waals surface area contributed by atoms with Gasteiger partial charge in [-0.3, -0.25) is 5.43 Å². The minimum Gasteiger partial charge on any atom is -0.495 e. The summed E-state index contributed by atoms with van der Waals surface area (Å²) in [6, 6.07) is 5.20. The molecule has 0 aliphatic rings. The van der Waals surface area contributed by atoms with Gasteiger partial charge in [-0.05, 0) is 25.1 Å². The molecule has 1 aromatic carbocycles. The molecule has 1 aromatic rings. The molecule has 106 valence electrons. The fraction of sp³-hybridized carbons (Fsp3) is 0.417. The van der Waals surface area contributed by atoms with Crippen molar-refractivity contribution in [3.63, 3.8) is 0 Å². The van der Waals surface area contributed by atoms with Crippen LogP contribution in [0.2, 0.25) is 5.02 Å². The number of methoxy groups -OCH3 is 2. The van der Waals surface area contributed by atoms with Crippen molar-refractivity contribution in [2.24, 2.45) is 10.8 Å². The third-order valence-corrected chi connectivity index (χ3v) is 2.54. The Morgan fingerprint density at radius 1 is 1.47 bits per heavy atom. The normalized spacial score (nSPS) is 13.0. The summed E-state index contributed by atoms with van der Waals surface area (Å²) in [5, 5.41) is 3.61. The van der Waals surface area contributed by atoms with Crippen molar-refractivity contribution >= 4 is 23.2 Å². The van der Waals surface area contributed by atoms with Gasteiger partial charge in [-0.1, -0.05) is 11.6 Å². The molecule has 0 aliphatic heterocycles. The van der Waals surface area contributed by atoms with Gasteiger partial charge in [0, 0.05) is 12.1 Å². The van der Waals surface area contributed by atoms with Gasteiger partial charge >= 0.3 is 0 Å². The van der Waals surface area contributed by atoms with Crippen molar-refractivity contribution in [1.82, 2.24) is 5.43 Å². The second-order valence-electron chi connectivity index (χ2n) is 3.90. The molecule has 1 rings (SSSR count). The van der Waals surface area contributed by atoms with E-state index in [1.54, 1.807) is 32.4 Å². The van der Waals surface area contributed by atoms with E-state index in [0.717, 1.165) is 0 Å². The van der Waals surface area contributed by atoms with Gasteiger partial charge in [0.2, 0.25) is 5.96 Å². The highest BCUT2D eigenvalue weighted by Gasteiger charge is 2.07. The Bertz CT molecular complexity index is 440. The van der Waals surface area contributed by atoms with Crippen LogP contribution in [0.4, 0.5) is 5.69 Å². The van der Waals surface area contributed by atoms with Crippen LogP contribution in [0.3, 0.4) is 0 Å². The standard InChI is InChI=1S/C12H19ClN4O2/c1-8(7-18-2)15-12(17-14)16-10-6-9(13)4-5-11(10)19-3/h4-6,8H,7,14H2,1-3H3,(H2,15,16,17). The fourth-order valence-corrected chi connectivity index (χ4v) is 1.68. The monoisotopic (exact) mass is 286 g/mol. The molecule has 4 N–H and O–H groups in total. The summed E-state index contributed by atoms with van der Waals surface area (Å²) in [5.41, 5.74) is 3.17. The van der Waals surface area contributed by atoms with E-state index in [-0.39, 0.29) is 6.04 Å². The average Bonchev–Trinajstić information content (AvgIpc) is 2.38. The predicted octanol–water partition coefficient (Wildman–Crippen LogP) is 1.61. The second kappa shape index (κ2) is 7.83. The van der Waals surface area contributed by atoms with Crippen molar-refractivity contribution < 1.29 is 9.47 Å². The van der Waals surface area contributed by atoms with Crippen molar-refractivity contribution in [3.8, 4) is 5.75 Å². The molecule has 0 saturated heterocycles. The molecule has 0 radical (unpaired) electrons. The maximum atomic E-state index is 5.95. The Hall–Kier alpha value is -1.50. The largest absolute Gasteiger partial charge is 0.495 e. The molecule has 6 nitrogen and oxygen atoms in total. The molecule has 0 aliphatic carbocycles. The number of guanidine groups is 1. The lowest BCUT2D eigenvalue weighted by Gasteiger charge is -2.14. The van der Waals surface area contributed by atoms with Gasteiger partial charge in [0.15, 0.2) is 0 Å². The quantitative estimate of drug-likeness (QED) is 0.332. The first-order chi connectivity index (χ1) is 9.10. The number of anilines is 1. The number of halogens is 1. The number of nitrogens with one attached hydrogen (secondary N) is 2. The number of hydrogen-bond acceptors (Lipinski definition) is 4. The van der Waals surface area contributed by atoms with Gasteiger partial charge < -0.3 is 14.8 Å². The van der Waals surface area contributed by atoms with E-state index in [1.807, 2.05) is 6.92 Å². The third-order valence-electron chi connectivity index (χ3n) is 2.31. The molecule has 7 heteroatoms. The van der Waals surface area contributed by atoms with Crippen LogP contribution in [-0.2, 0) is 4.74 Å². The zero-order valence-corrected chi connectivity index (χ0v) is 12.0. The molecule has 0 spiro atoms. The number of rotatable bonds is 5. The van der Waals surface area contributed by atoms with Gasteiger partial charge in [0.05, 0.1) is 25.4 Å². The van der Waals surface area contributed by atoms with E-state index in [0.29, 0.717) is 29.0 Å². The minimum absolute atomic E-state index is 0.0336. The fourth-order valence-electron chi connectivity index (χ4n) is 1.51. The molecule has 1 unspecified atom stereocenters. The topological polar surface area (TPSA) is 80.9 Å². The molecule has 1 atom stereocenters. The van der Waals surface area contributed by atoms with Crippen LogP contribution < -0.4 is 21.3 Å². The highest BCUT2D eigenvalue weighted by atomic mass is 35.5. The Balaban J connectivity index is 2.89. The zero-order chi connectivity index (χ0) is 14.3. The summed E-state index contributed by atoms with van der Waals surface area (Å²) in [6.45, 7) is 2.41. The molecule has 0 saturated carbocycles. The molecule has 0 fully saturated rings. The van der Waals surface area contributed by atoms with Gasteiger partial charge in [-0.15, -0.1) is 0 Å².